The van der Waals surface area contributed by atoms with Gasteiger partial charge in [0.25, 0.3) is 0 Å². The van der Waals surface area contributed by atoms with Gasteiger partial charge in [-0.1, -0.05) is 38.1 Å². The van der Waals surface area contributed by atoms with Gasteiger partial charge in [0, 0.05) is 13.1 Å². The van der Waals surface area contributed by atoms with Crippen molar-refractivity contribution in [1.82, 2.24) is 9.62 Å². The standard InChI is InChI=1S/C15H26N2O3S/c1-3-10-17(4-2)11-9-16-21(19,20)13-15-7-5-14(12-18)6-8-15/h5-8,16,18H,3-4,9-13H2,1-2H3. The average Bonchev–Trinajstić information content (AvgIpc) is 2.46. The van der Waals surface area contributed by atoms with Crippen LogP contribution in [0.4, 0.5) is 0 Å². The molecule has 0 spiro atoms. The number of aliphatic hydroxyl groups is 1. The van der Waals surface area contributed by atoms with Crippen LogP contribution in [0.15, 0.2) is 24.3 Å². The Morgan fingerprint density at radius 2 is 1.71 bits per heavy atom. The Morgan fingerprint density at radius 1 is 1.10 bits per heavy atom. The summed E-state index contributed by atoms with van der Waals surface area (Å²) in [7, 11) is -3.31. The van der Waals surface area contributed by atoms with Crippen LogP contribution in [-0.4, -0.2) is 44.6 Å². The lowest BCUT2D eigenvalue weighted by molar-refractivity contribution is 0.282. The molecule has 0 saturated carbocycles. The zero-order chi connectivity index (χ0) is 15.7. The maximum Gasteiger partial charge on any atom is 0.215 e. The summed E-state index contributed by atoms with van der Waals surface area (Å²) in [6, 6.07) is 6.95. The third-order valence-electron chi connectivity index (χ3n) is 3.30. The number of nitrogens with zero attached hydrogens (tertiary/aromatic N) is 1. The van der Waals surface area contributed by atoms with Crippen LogP contribution in [0.25, 0.3) is 0 Å². The maximum atomic E-state index is 12.0. The molecule has 0 aliphatic rings. The lowest BCUT2D eigenvalue weighted by Gasteiger charge is -2.19. The van der Waals surface area contributed by atoms with Crippen molar-refractivity contribution in [3.8, 4) is 0 Å². The normalized spacial score (nSPS) is 12.0. The molecule has 1 aromatic rings. The van der Waals surface area contributed by atoms with Crippen molar-refractivity contribution in [1.29, 1.82) is 0 Å². The molecular weight excluding hydrogens is 288 g/mol. The highest BCUT2D eigenvalue weighted by Crippen LogP contribution is 2.07. The SMILES string of the molecule is CCCN(CC)CCNS(=O)(=O)Cc1ccc(CO)cc1. The molecule has 0 bridgehead atoms. The van der Waals surface area contributed by atoms with Crippen LogP contribution < -0.4 is 4.72 Å². The first kappa shape index (κ1) is 18.1. The van der Waals surface area contributed by atoms with Gasteiger partial charge in [-0.15, -0.1) is 0 Å². The molecule has 0 saturated heterocycles. The highest BCUT2D eigenvalue weighted by molar-refractivity contribution is 7.88. The second kappa shape index (κ2) is 9.15. The van der Waals surface area contributed by atoms with Crippen LogP contribution >= 0.6 is 0 Å². The Kier molecular flexibility index (Phi) is 7.88. The fourth-order valence-electron chi connectivity index (χ4n) is 2.11. The summed E-state index contributed by atoms with van der Waals surface area (Å²) in [5.41, 5.74) is 1.50. The number of hydrogen-bond donors (Lipinski definition) is 2. The van der Waals surface area contributed by atoms with Gasteiger partial charge in [-0.3, -0.25) is 0 Å². The number of sulfonamides is 1. The lowest BCUT2D eigenvalue weighted by atomic mass is 10.2. The summed E-state index contributed by atoms with van der Waals surface area (Å²) in [4.78, 5) is 2.22. The van der Waals surface area contributed by atoms with E-state index in [4.69, 9.17) is 5.11 Å². The van der Waals surface area contributed by atoms with Gasteiger partial charge in [0.15, 0.2) is 0 Å². The third-order valence-corrected chi connectivity index (χ3v) is 4.66. The molecule has 6 heteroatoms. The molecule has 0 radical (unpaired) electrons. The third kappa shape index (κ3) is 7.04. The van der Waals surface area contributed by atoms with E-state index in [9.17, 15) is 8.42 Å². The van der Waals surface area contributed by atoms with Crippen LogP contribution in [0.2, 0.25) is 0 Å². The summed E-state index contributed by atoms with van der Waals surface area (Å²) >= 11 is 0. The Hall–Kier alpha value is -0.950. The minimum absolute atomic E-state index is 0.0292. The Labute approximate surface area is 128 Å². The molecule has 120 valence electrons. The summed E-state index contributed by atoms with van der Waals surface area (Å²) in [6.07, 6.45) is 1.07. The molecule has 0 aromatic heterocycles. The topological polar surface area (TPSA) is 69.6 Å². The molecular formula is C15H26N2O3S. The first-order chi connectivity index (χ1) is 10.0. The molecule has 2 N–H and O–H groups in total. The van der Waals surface area contributed by atoms with E-state index in [-0.39, 0.29) is 12.4 Å². The molecule has 1 rings (SSSR count). The largest absolute Gasteiger partial charge is 0.392 e. The second-order valence-corrected chi connectivity index (χ2v) is 6.87. The quantitative estimate of drug-likeness (QED) is 0.683. The monoisotopic (exact) mass is 314 g/mol. The molecule has 0 heterocycles. The van der Waals surface area contributed by atoms with Crippen molar-refractivity contribution < 1.29 is 13.5 Å². The minimum Gasteiger partial charge on any atom is -0.392 e. The van der Waals surface area contributed by atoms with E-state index >= 15 is 0 Å². The maximum absolute atomic E-state index is 12.0. The van der Waals surface area contributed by atoms with Crippen molar-refractivity contribution in [2.24, 2.45) is 0 Å². The molecule has 0 aliphatic heterocycles. The van der Waals surface area contributed by atoms with Crippen molar-refractivity contribution in [3.05, 3.63) is 35.4 Å². The van der Waals surface area contributed by atoms with Crippen LogP contribution in [0.1, 0.15) is 31.4 Å². The molecule has 0 fully saturated rings. The van der Waals surface area contributed by atoms with Gasteiger partial charge in [-0.25, -0.2) is 13.1 Å². The predicted molar refractivity (Wildman–Crippen MR) is 85.4 cm³/mol. The Morgan fingerprint density at radius 3 is 2.24 bits per heavy atom. The number of hydrogen-bond acceptors (Lipinski definition) is 4. The molecule has 0 atom stereocenters. The van der Waals surface area contributed by atoms with E-state index in [0.29, 0.717) is 6.54 Å². The molecule has 21 heavy (non-hydrogen) atoms. The van der Waals surface area contributed by atoms with E-state index in [0.717, 1.165) is 37.2 Å². The van der Waals surface area contributed by atoms with Crippen molar-refractivity contribution in [2.75, 3.05) is 26.2 Å². The zero-order valence-electron chi connectivity index (χ0n) is 12.9. The molecule has 5 nitrogen and oxygen atoms in total. The van der Waals surface area contributed by atoms with Gasteiger partial charge in [0.1, 0.15) is 0 Å². The van der Waals surface area contributed by atoms with E-state index in [2.05, 4.69) is 23.5 Å². The van der Waals surface area contributed by atoms with Crippen LogP contribution in [0.3, 0.4) is 0 Å². The fraction of sp³-hybridized carbons (Fsp3) is 0.600. The van der Waals surface area contributed by atoms with Crippen molar-refractivity contribution >= 4 is 10.0 Å². The lowest BCUT2D eigenvalue weighted by Crippen LogP contribution is -2.35. The number of rotatable bonds is 10. The molecule has 1 aromatic carbocycles. The second-order valence-electron chi connectivity index (χ2n) is 5.06. The number of aliphatic hydroxyl groups excluding tert-OH is 1. The smallest absolute Gasteiger partial charge is 0.215 e. The van der Waals surface area contributed by atoms with E-state index in [1.165, 1.54) is 0 Å². The van der Waals surface area contributed by atoms with Crippen LogP contribution in [-0.2, 0) is 22.4 Å². The average molecular weight is 314 g/mol. The van der Waals surface area contributed by atoms with E-state index < -0.39 is 10.0 Å². The van der Waals surface area contributed by atoms with Crippen LogP contribution in [0.5, 0.6) is 0 Å². The Balaban J connectivity index is 2.45. The zero-order valence-corrected chi connectivity index (χ0v) is 13.7. The fourth-order valence-corrected chi connectivity index (χ4v) is 3.25. The molecule has 0 amide bonds. The van der Waals surface area contributed by atoms with E-state index in [1.807, 2.05) is 0 Å². The van der Waals surface area contributed by atoms with Gasteiger partial charge in [0.05, 0.1) is 12.4 Å². The highest BCUT2D eigenvalue weighted by Gasteiger charge is 2.11. The van der Waals surface area contributed by atoms with Gasteiger partial charge in [-0.05, 0) is 30.6 Å². The summed E-state index contributed by atoms with van der Waals surface area (Å²) in [5.74, 6) is -0.0292. The highest BCUT2D eigenvalue weighted by atomic mass is 32.2. The first-order valence-corrected chi connectivity index (χ1v) is 9.04. The van der Waals surface area contributed by atoms with Crippen molar-refractivity contribution in [2.45, 2.75) is 32.6 Å². The van der Waals surface area contributed by atoms with Crippen LogP contribution in [0, 0.1) is 0 Å². The number of nitrogens with one attached hydrogen (secondary N) is 1. The summed E-state index contributed by atoms with van der Waals surface area (Å²) in [6.45, 7) is 7.24. The molecule has 0 aliphatic carbocycles. The molecule has 0 unspecified atom stereocenters. The van der Waals surface area contributed by atoms with Gasteiger partial charge < -0.3 is 10.0 Å². The summed E-state index contributed by atoms with van der Waals surface area (Å²) in [5, 5.41) is 8.96. The van der Waals surface area contributed by atoms with Crippen molar-refractivity contribution in [3.63, 3.8) is 0 Å². The van der Waals surface area contributed by atoms with Gasteiger partial charge >= 0.3 is 0 Å². The van der Waals surface area contributed by atoms with Gasteiger partial charge in [-0.2, -0.15) is 0 Å². The van der Waals surface area contributed by atoms with E-state index in [1.54, 1.807) is 24.3 Å². The van der Waals surface area contributed by atoms with Gasteiger partial charge in [0.2, 0.25) is 10.0 Å². The number of likely N-dealkylation sites (N-methyl/N-ethyl adjacent to an activating group) is 1. The number of benzene rings is 1. The first-order valence-electron chi connectivity index (χ1n) is 7.39. The predicted octanol–water partition coefficient (Wildman–Crippen LogP) is 1.33. The summed E-state index contributed by atoms with van der Waals surface area (Å²) < 4.78 is 26.6. The minimum atomic E-state index is -3.31. The Bertz CT molecular complexity index is 500.